The third-order valence-corrected chi connectivity index (χ3v) is 2.50. The van der Waals surface area contributed by atoms with Gasteiger partial charge in [0.25, 0.3) is 0 Å². The number of hydrogen-bond acceptors (Lipinski definition) is 5. The molecule has 5 nitrogen and oxygen atoms in total. The normalized spacial score (nSPS) is 10.0. The third-order valence-electron chi connectivity index (χ3n) is 2.50. The lowest BCUT2D eigenvalue weighted by Gasteiger charge is -2.04. The van der Waals surface area contributed by atoms with Crippen LogP contribution in [0, 0.1) is 11.3 Å². The monoisotopic (exact) mass is 243 g/mol. The zero-order valence-electron chi connectivity index (χ0n) is 10.1. The molecule has 0 amide bonds. The van der Waals surface area contributed by atoms with Gasteiger partial charge in [-0.1, -0.05) is 23.4 Å². The van der Waals surface area contributed by atoms with Crippen molar-refractivity contribution in [2.45, 2.75) is 19.3 Å². The van der Waals surface area contributed by atoms with Gasteiger partial charge >= 0.3 is 0 Å². The number of ether oxygens (including phenoxy) is 1. The molecule has 0 fully saturated rings. The van der Waals surface area contributed by atoms with Crippen molar-refractivity contribution in [2.75, 3.05) is 7.11 Å². The van der Waals surface area contributed by atoms with Crippen molar-refractivity contribution in [1.82, 2.24) is 10.1 Å². The molecule has 0 aliphatic rings. The topological polar surface area (TPSA) is 71.9 Å². The van der Waals surface area contributed by atoms with Crippen LogP contribution in [-0.2, 0) is 12.8 Å². The van der Waals surface area contributed by atoms with Crippen LogP contribution in [-0.4, -0.2) is 17.3 Å². The quantitative estimate of drug-likeness (QED) is 0.804. The van der Waals surface area contributed by atoms with Crippen LogP contribution in [0.4, 0.5) is 0 Å². The van der Waals surface area contributed by atoms with Crippen LogP contribution in [0.1, 0.15) is 23.7 Å². The molecule has 0 radical (unpaired) electrons. The Kier molecular flexibility index (Phi) is 3.92. The van der Waals surface area contributed by atoms with Crippen LogP contribution in [0.3, 0.4) is 0 Å². The summed E-state index contributed by atoms with van der Waals surface area (Å²) in [6.45, 7) is 0. The van der Waals surface area contributed by atoms with E-state index in [1.54, 1.807) is 7.11 Å². The van der Waals surface area contributed by atoms with Gasteiger partial charge < -0.3 is 9.26 Å². The second-order valence-electron chi connectivity index (χ2n) is 3.75. The minimum absolute atomic E-state index is 0.385. The average molecular weight is 243 g/mol. The summed E-state index contributed by atoms with van der Waals surface area (Å²) in [4.78, 5) is 4.23. The van der Waals surface area contributed by atoms with E-state index in [1.807, 2.05) is 30.3 Å². The Morgan fingerprint density at radius 1 is 1.39 bits per heavy atom. The highest BCUT2D eigenvalue weighted by Gasteiger charge is 2.09. The van der Waals surface area contributed by atoms with E-state index in [9.17, 15) is 0 Å². The molecule has 1 aromatic carbocycles. The van der Waals surface area contributed by atoms with Crippen LogP contribution < -0.4 is 4.74 Å². The highest BCUT2D eigenvalue weighted by molar-refractivity contribution is 5.35. The van der Waals surface area contributed by atoms with Gasteiger partial charge in [-0.05, 0) is 6.07 Å². The van der Waals surface area contributed by atoms with E-state index in [0.717, 1.165) is 11.3 Å². The number of aryl methyl sites for hydroxylation is 1. The summed E-state index contributed by atoms with van der Waals surface area (Å²) in [5, 5.41) is 12.4. The Labute approximate surface area is 105 Å². The molecule has 18 heavy (non-hydrogen) atoms. The summed E-state index contributed by atoms with van der Waals surface area (Å²) >= 11 is 0. The lowest BCUT2D eigenvalue weighted by Crippen LogP contribution is -1.95. The van der Waals surface area contributed by atoms with E-state index in [2.05, 4.69) is 10.1 Å². The summed E-state index contributed by atoms with van der Waals surface area (Å²) in [5.74, 6) is 1.91. The van der Waals surface area contributed by atoms with Gasteiger partial charge in [-0.2, -0.15) is 10.2 Å². The number of methoxy groups -OCH3 is 1. The maximum Gasteiger partial charge on any atom is 0.227 e. The van der Waals surface area contributed by atoms with E-state index in [1.165, 1.54) is 0 Å². The number of aromatic nitrogens is 2. The van der Waals surface area contributed by atoms with Crippen LogP contribution in [0.2, 0.25) is 0 Å². The van der Waals surface area contributed by atoms with Gasteiger partial charge in [0.1, 0.15) is 5.75 Å². The molecule has 0 atom stereocenters. The number of rotatable bonds is 5. The third kappa shape index (κ3) is 2.86. The highest BCUT2D eigenvalue weighted by atomic mass is 16.5. The van der Waals surface area contributed by atoms with E-state index in [-0.39, 0.29) is 0 Å². The van der Waals surface area contributed by atoms with E-state index in [0.29, 0.717) is 31.0 Å². The van der Waals surface area contributed by atoms with E-state index in [4.69, 9.17) is 14.5 Å². The highest BCUT2D eigenvalue weighted by Crippen LogP contribution is 2.19. The molecule has 0 N–H and O–H groups in total. The maximum atomic E-state index is 8.48. The van der Waals surface area contributed by atoms with Gasteiger partial charge in [0.2, 0.25) is 5.89 Å². The minimum Gasteiger partial charge on any atom is -0.496 e. The first-order chi connectivity index (χ1) is 8.83. The molecule has 0 aliphatic carbocycles. The smallest absolute Gasteiger partial charge is 0.227 e. The predicted molar refractivity (Wildman–Crippen MR) is 64.0 cm³/mol. The van der Waals surface area contributed by atoms with Gasteiger partial charge in [0.15, 0.2) is 5.82 Å². The molecule has 0 saturated heterocycles. The zero-order chi connectivity index (χ0) is 12.8. The lowest BCUT2D eigenvalue weighted by atomic mass is 10.1. The molecule has 2 aromatic rings. The Morgan fingerprint density at radius 2 is 2.22 bits per heavy atom. The van der Waals surface area contributed by atoms with Crippen LogP contribution in [0.25, 0.3) is 0 Å². The van der Waals surface area contributed by atoms with Gasteiger partial charge in [0.05, 0.1) is 13.2 Å². The fourth-order valence-corrected chi connectivity index (χ4v) is 1.65. The molecule has 0 bridgehead atoms. The number of para-hydroxylation sites is 1. The Morgan fingerprint density at radius 3 is 3.00 bits per heavy atom. The standard InChI is InChI=1S/C13H13N3O2/c1-17-11-6-3-2-5-10(11)9-12-15-13(18-16-12)7-4-8-14/h2-3,5-6H,4,7,9H2,1H3. The van der Waals surface area contributed by atoms with Gasteiger partial charge in [0, 0.05) is 24.8 Å². The number of nitriles is 1. The van der Waals surface area contributed by atoms with Gasteiger partial charge in [-0.3, -0.25) is 0 Å². The molecule has 0 spiro atoms. The van der Waals surface area contributed by atoms with E-state index < -0.39 is 0 Å². The minimum atomic E-state index is 0.385. The molecular weight excluding hydrogens is 230 g/mol. The van der Waals surface area contributed by atoms with Crippen LogP contribution >= 0.6 is 0 Å². The molecule has 1 heterocycles. The second kappa shape index (κ2) is 5.82. The largest absolute Gasteiger partial charge is 0.496 e. The Bertz CT molecular complexity index is 557. The molecule has 0 saturated carbocycles. The second-order valence-corrected chi connectivity index (χ2v) is 3.75. The van der Waals surface area contributed by atoms with Crippen molar-refractivity contribution < 1.29 is 9.26 Å². The van der Waals surface area contributed by atoms with Crippen molar-refractivity contribution in [3.8, 4) is 11.8 Å². The number of hydrogen-bond donors (Lipinski definition) is 0. The summed E-state index contributed by atoms with van der Waals surface area (Å²) in [5.41, 5.74) is 1.01. The first-order valence-corrected chi connectivity index (χ1v) is 5.64. The van der Waals surface area contributed by atoms with Crippen molar-refractivity contribution >= 4 is 0 Å². The van der Waals surface area contributed by atoms with Crippen molar-refractivity contribution in [1.29, 1.82) is 5.26 Å². The van der Waals surface area contributed by atoms with Crippen LogP contribution in [0.15, 0.2) is 28.8 Å². The lowest BCUT2D eigenvalue weighted by molar-refractivity contribution is 0.374. The zero-order valence-corrected chi connectivity index (χ0v) is 10.1. The molecule has 2 rings (SSSR count). The Hall–Kier alpha value is -2.35. The van der Waals surface area contributed by atoms with Crippen LogP contribution in [0.5, 0.6) is 5.75 Å². The molecule has 1 aromatic heterocycles. The average Bonchev–Trinajstić information content (AvgIpc) is 2.84. The van der Waals surface area contributed by atoms with Crippen molar-refractivity contribution in [2.24, 2.45) is 0 Å². The molecule has 5 heteroatoms. The predicted octanol–water partition coefficient (Wildman–Crippen LogP) is 2.13. The van der Waals surface area contributed by atoms with Crippen molar-refractivity contribution in [3.63, 3.8) is 0 Å². The fourth-order valence-electron chi connectivity index (χ4n) is 1.65. The Balaban J connectivity index is 2.09. The maximum absolute atomic E-state index is 8.48. The molecular formula is C13H13N3O2. The molecule has 0 unspecified atom stereocenters. The SMILES string of the molecule is COc1ccccc1Cc1noc(CCC#N)n1. The summed E-state index contributed by atoms with van der Waals surface area (Å²) in [6, 6.07) is 9.76. The number of benzene rings is 1. The summed E-state index contributed by atoms with van der Waals surface area (Å²) < 4.78 is 10.3. The molecule has 0 aliphatic heterocycles. The summed E-state index contributed by atoms with van der Waals surface area (Å²) in [6.07, 6.45) is 1.44. The summed E-state index contributed by atoms with van der Waals surface area (Å²) in [7, 11) is 1.63. The van der Waals surface area contributed by atoms with Crippen molar-refractivity contribution in [3.05, 3.63) is 41.5 Å². The molecule has 92 valence electrons. The first-order valence-electron chi connectivity index (χ1n) is 5.64. The van der Waals surface area contributed by atoms with Gasteiger partial charge in [-0.15, -0.1) is 0 Å². The first kappa shape index (κ1) is 12.1. The van der Waals surface area contributed by atoms with Gasteiger partial charge in [-0.25, -0.2) is 0 Å². The van der Waals surface area contributed by atoms with E-state index >= 15 is 0 Å². The number of nitrogens with zero attached hydrogens (tertiary/aromatic N) is 3. The fraction of sp³-hybridized carbons (Fsp3) is 0.308.